The molecule has 17 heavy (non-hydrogen) atoms. The zero-order valence-electron chi connectivity index (χ0n) is 9.81. The average Bonchev–Trinajstić information content (AvgIpc) is 2.30. The van der Waals surface area contributed by atoms with Gasteiger partial charge in [-0.1, -0.05) is 20.3 Å². The minimum Gasteiger partial charge on any atom is -0.320 e. The monoisotopic (exact) mass is 261 g/mol. The topological polar surface area (TPSA) is 68.0 Å². The van der Waals surface area contributed by atoms with Gasteiger partial charge in [0.05, 0.1) is 12.2 Å². The van der Waals surface area contributed by atoms with Gasteiger partial charge in [0, 0.05) is 0 Å². The van der Waals surface area contributed by atoms with E-state index in [1.165, 1.54) is 12.1 Å². The molecule has 0 aliphatic carbocycles. The smallest absolute Gasteiger partial charge is 0.242 e. The third-order valence-corrected chi connectivity index (χ3v) is 2.54. The molecule has 1 heterocycles. The van der Waals surface area contributed by atoms with E-state index in [9.17, 15) is 9.18 Å². The lowest BCUT2D eigenvalue weighted by atomic mass is 9.99. The van der Waals surface area contributed by atoms with Gasteiger partial charge in [-0.3, -0.25) is 4.79 Å². The molecule has 1 amide bonds. The maximum Gasteiger partial charge on any atom is 0.242 e. The van der Waals surface area contributed by atoms with Gasteiger partial charge in [0.2, 0.25) is 5.91 Å². The van der Waals surface area contributed by atoms with E-state index < -0.39 is 11.9 Å². The molecule has 0 radical (unpaired) electrons. The fourth-order valence-corrected chi connectivity index (χ4v) is 1.17. The van der Waals surface area contributed by atoms with Crippen molar-refractivity contribution in [1.29, 1.82) is 0 Å². The molecule has 6 heteroatoms. The lowest BCUT2D eigenvalue weighted by Gasteiger charge is -2.17. The molecule has 0 aromatic carbocycles. The molecule has 4 nitrogen and oxygen atoms in total. The SMILES string of the molecule is CCC(C)C(N)C(=O)Nc1ccc(F)cn1.Cl. The van der Waals surface area contributed by atoms with Crippen LogP contribution in [0.15, 0.2) is 18.3 Å². The standard InChI is InChI=1S/C11H16FN3O.ClH/c1-3-7(2)10(13)11(16)15-9-5-4-8(12)6-14-9;/h4-7,10H,3,13H2,1-2H3,(H,14,15,16);1H. The molecule has 1 aromatic heterocycles. The predicted molar refractivity (Wildman–Crippen MR) is 67.5 cm³/mol. The summed E-state index contributed by atoms with van der Waals surface area (Å²) in [6.45, 7) is 3.87. The highest BCUT2D eigenvalue weighted by atomic mass is 35.5. The van der Waals surface area contributed by atoms with Gasteiger partial charge in [0.15, 0.2) is 0 Å². The van der Waals surface area contributed by atoms with Crippen molar-refractivity contribution in [2.24, 2.45) is 11.7 Å². The van der Waals surface area contributed by atoms with Crippen LogP contribution in [-0.2, 0) is 4.79 Å². The van der Waals surface area contributed by atoms with Gasteiger partial charge in [0.25, 0.3) is 0 Å². The first kappa shape index (κ1) is 15.8. The van der Waals surface area contributed by atoms with Crippen LogP contribution in [-0.4, -0.2) is 16.9 Å². The van der Waals surface area contributed by atoms with Crippen LogP contribution in [0.1, 0.15) is 20.3 Å². The Balaban J connectivity index is 0.00000256. The summed E-state index contributed by atoms with van der Waals surface area (Å²) in [6.07, 6.45) is 1.87. The van der Waals surface area contributed by atoms with Gasteiger partial charge in [-0.05, 0) is 18.1 Å². The van der Waals surface area contributed by atoms with Crippen LogP contribution in [0.3, 0.4) is 0 Å². The van der Waals surface area contributed by atoms with Crippen LogP contribution < -0.4 is 11.1 Å². The molecule has 2 unspecified atom stereocenters. The number of amides is 1. The lowest BCUT2D eigenvalue weighted by molar-refractivity contribution is -0.118. The Bertz CT molecular complexity index is 358. The van der Waals surface area contributed by atoms with E-state index in [4.69, 9.17) is 5.73 Å². The van der Waals surface area contributed by atoms with Gasteiger partial charge in [-0.2, -0.15) is 0 Å². The van der Waals surface area contributed by atoms with Crippen LogP contribution >= 0.6 is 12.4 Å². The number of pyridine rings is 1. The van der Waals surface area contributed by atoms with E-state index in [0.717, 1.165) is 12.6 Å². The number of nitrogens with zero attached hydrogens (tertiary/aromatic N) is 1. The average molecular weight is 262 g/mol. The first-order valence-corrected chi connectivity index (χ1v) is 5.22. The summed E-state index contributed by atoms with van der Waals surface area (Å²) in [4.78, 5) is 15.4. The Labute approximate surface area is 106 Å². The fraction of sp³-hybridized carbons (Fsp3) is 0.455. The molecule has 0 aliphatic rings. The highest BCUT2D eigenvalue weighted by molar-refractivity contribution is 5.94. The molecule has 2 atom stereocenters. The summed E-state index contributed by atoms with van der Waals surface area (Å²) in [6, 6.07) is 2.06. The predicted octanol–water partition coefficient (Wildman–Crippen LogP) is 1.95. The van der Waals surface area contributed by atoms with Gasteiger partial charge in [0.1, 0.15) is 11.6 Å². The van der Waals surface area contributed by atoms with Crippen molar-refractivity contribution in [2.75, 3.05) is 5.32 Å². The number of hydrogen-bond donors (Lipinski definition) is 2. The van der Waals surface area contributed by atoms with Crippen LogP contribution in [0, 0.1) is 11.7 Å². The summed E-state index contributed by atoms with van der Waals surface area (Å²) >= 11 is 0. The van der Waals surface area contributed by atoms with Crippen molar-refractivity contribution in [3.05, 3.63) is 24.1 Å². The molecular formula is C11H17ClFN3O. The molecule has 0 spiro atoms. The number of carbonyl (C=O) groups is 1. The minimum absolute atomic E-state index is 0. The molecule has 0 aliphatic heterocycles. The second-order valence-electron chi connectivity index (χ2n) is 3.76. The number of aromatic nitrogens is 1. The Hall–Kier alpha value is -1.20. The second kappa shape index (κ2) is 7.19. The molecule has 0 saturated heterocycles. The molecule has 3 N–H and O–H groups in total. The maximum atomic E-state index is 12.6. The Morgan fingerprint density at radius 1 is 1.59 bits per heavy atom. The third-order valence-electron chi connectivity index (χ3n) is 2.54. The van der Waals surface area contributed by atoms with Gasteiger partial charge < -0.3 is 11.1 Å². The lowest BCUT2D eigenvalue weighted by Crippen LogP contribution is -2.40. The van der Waals surface area contributed by atoms with Gasteiger partial charge >= 0.3 is 0 Å². The molecule has 1 rings (SSSR count). The quantitative estimate of drug-likeness (QED) is 0.871. The first-order chi connectivity index (χ1) is 7.54. The van der Waals surface area contributed by atoms with E-state index in [1.807, 2.05) is 13.8 Å². The first-order valence-electron chi connectivity index (χ1n) is 5.22. The summed E-state index contributed by atoms with van der Waals surface area (Å²) < 4.78 is 12.6. The summed E-state index contributed by atoms with van der Waals surface area (Å²) in [5, 5.41) is 2.54. The highest BCUT2D eigenvalue weighted by Crippen LogP contribution is 2.09. The number of nitrogens with two attached hydrogens (primary N) is 1. The van der Waals surface area contributed by atoms with Crippen LogP contribution in [0.5, 0.6) is 0 Å². The second-order valence-corrected chi connectivity index (χ2v) is 3.76. The molecule has 0 saturated carbocycles. The van der Waals surface area contributed by atoms with Crippen LogP contribution in [0.4, 0.5) is 10.2 Å². The van der Waals surface area contributed by atoms with Crippen molar-refractivity contribution in [2.45, 2.75) is 26.3 Å². The molecular weight excluding hydrogens is 245 g/mol. The van der Waals surface area contributed by atoms with Crippen LogP contribution in [0.2, 0.25) is 0 Å². The maximum absolute atomic E-state index is 12.6. The fourth-order valence-electron chi connectivity index (χ4n) is 1.17. The summed E-state index contributed by atoms with van der Waals surface area (Å²) in [5.41, 5.74) is 5.74. The van der Waals surface area contributed by atoms with Crippen LogP contribution in [0.25, 0.3) is 0 Å². The number of hydrogen-bond acceptors (Lipinski definition) is 3. The number of rotatable bonds is 4. The van der Waals surface area contributed by atoms with E-state index in [0.29, 0.717) is 5.82 Å². The summed E-state index contributed by atoms with van der Waals surface area (Å²) in [5.74, 6) is -0.330. The van der Waals surface area contributed by atoms with E-state index in [2.05, 4.69) is 10.3 Å². The zero-order chi connectivity index (χ0) is 12.1. The largest absolute Gasteiger partial charge is 0.320 e. The van der Waals surface area contributed by atoms with E-state index in [1.54, 1.807) is 0 Å². The molecule has 96 valence electrons. The number of carbonyl (C=O) groups excluding carboxylic acids is 1. The molecule has 1 aromatic rings. The minimum atomic E-state index is -0.572. The van der Waals surface area contributed by atoms with Crippen molar-refractivity contribution in [3.8, 4) is 0 Å². The van der Waals surface area contributed by atoms with Crippen molar-refractivity contribution in [1.82, 2.24) is 4.98 Å². The number of halogens is 2. The van der Waals surface area contributed by atoms with Gasteiger partial charge in [-0.15, -0.1) is 12.4 Å². The van der Waals surface area contributed by atoms with E-state index >= 15 is 0 Å². The Morgan fingerprint density at radius 2 is 2.24 bits per heavy atom. The normalized spacial score (nSPS) is 13.4. The molecule has 0 fully saturated rings. The Kier molecular flexibility index (Phi) is 6.68. The molecule has 0 bridgehead atoms. The summed E-state index contributed by atoms with van der Waals surface area (Å²) in [7, 11) is 0. The highest BCUT2D eigenvalue weighted by Gasteiger charge is 2.19. The Morgan fingerprint density at radius 3 is 2.71 bits per heavy atom. The van der Waals surface area contributed by atoms with Crippen molar-refractivity contribution in [3.63, 3.8) is 0 Å². The zero-order valence-corrected chi connectivity index (χ0v) is 10.6. The van der Waals surface area contributed by atoms with Crippen molar-refractivity contribution < 1.29 is 9.18 Å². The third kappa shape index (κ3) is 4.66. The van der Waals surface area contributed by atoms with E-state index in [-0.39, 0.29) is 24.2 Å². The van der Waals surface area contributed by atoms with Gasteiger partial charge in [-0.25, -0.2) is 9.37 Å². The number of anilines is 1. The van der Waals surface area contributed by atoms with Crippen molar-refractivity contribution >= 4 is 24.1 Å². The number of nitrogens with one attached hydrogen (secondary N) is 1.